The zero-order valence-corrected chi connectivity index (χ0v) is 10.9. The third-order valence-corrected chi connectivity index (χ3v) is 2.69. The zero-order chi connectivity index (χ0) is 14.3. The van der Waals surface area contributed by atoms with Crippen LogP contribution in [0.15, 0.2) is 24.3 Å². The number of benzene rings is 1. The van der Waals surface area contributed by atoms with E-state index in [1.807, 2.05) is 6.07 Å². The molecule has 0 aromatic heterocycles. The van der Waals surface area contributed by atoms with E-state index >= 15 is 0 Å². The quantitative estimate of drug-likeness (QED) is 0.860. The lowest BCUT2D eigenvalue weighted by Crippen LogP contribution is -2.37. The largest absolute Gasteiger partial charge is 0.480 e. The summed E-state index contributed by atoms with van der Waals surface area (Å²) < 4.78 is 0. The minimum atomic E-state index is -1.10. The first-order valence-electron chi connectivity index (χ1n) is 5.64. The second-order valence-electron chi connectivity index (χ2n) is 3.92. The minimum absolute atomic E-state index is 0.0931. The molecule has 0 fully saturated rings. The molecule has 0 unspecified atom stereocenters. The van der Waals surface area contributed by atoms with Crippen molar-refractivity contribution in [2.45, 2.75) is 12.8 Å². The summed E-state index contributed by atoms with van der Waals surface area (Å²) in [6.07, 6.45) is 0.204. The Labute approximate surface area is 116 Å². The van der Waals surface area contributed by atoms with Crippen molar-refractivity contribution in [3.8, 4) is 6.07 Å². The summed E-state index contributed by atoms with van der Waals surface area (Å²) >= 11 is 5.74. The molecule has 0 aliphatic heterocycles. The van der Waals surface area contributed by atoms with Gasteiger partial charge in [-0.2, -0.15) is 5.26 Å². The van der Waals surface area contributed by atoms with Crippen molar-refractivity contribution in [1.82, 2.24) is 4.90 Å². The predicted octanol–water partition coefficient (Wildman–Crippen LogP) is 1.71. The van der Waals surface area contributed by atoms with Crippen molar-refractivity contribution in [3.05, 3.63) is 34.9 Å². The number of hydrogen-bond acceptors (Lipinski definition) is 3. The number of carboxylic acids is 1. The average Bonchev–Trinajstić information content (AvgIpc) is 2.36. The fourth-order valence-electron chi connectivity index (χ4n) is 1.53. The Balaban J connectivity index is 2.67. The van der Waals surface area contributed by atoms with E-state index in [1.54, 1.807) is 24.3 Å². The maximum atomic E-state index is 12.0. The minimum Gasteiger partial charge on any atom is -0.480 e. The number of amides is 1. The lowest BCUT2D eigenvalue weighted by Gasteiger charge is -2.19. The van der Waals surface area contributed by atoms with E-state index in [2.05, 4.69) is 0 Å². The van der Waals surface area contributed by atoms with E-state index in [-0.39, 0.29) is 25.3 Å². The Kier molecular flexibility index (Phi) is 5.83. The Hall–Kier alpha value is -2.06. The molecule has 0 atom stereocenters. The molecular weight excluding hydrogens is 268 g/mol. The molecule has 0 radical (unpaired) electrons. The second-order valence-corrected chi connectivity index (χ2v) is 4.36. The summed E-state index contributed by atoms with van der Waals surface area (Å²) in [6, 6.07) is 8.65. The molecule has 1 amide bonds. The van der Waals surface area contributed by atoms with Crippen LogP contribution in [0, 0.1) is 11.3 Å². The molecule has 0 saturated heterocycles. The smallest absolute Gasteiger partial charge is 0.323 e. The second kappa shape index (κ2) is 7.39. The Morgan fingerprint density at radius 1 is 1.32 bits per heavy atom. The zero-order valence-electron chi connectivity index (χ0n) is 10.2. The summed E-state index contributed by atoms with van der Waals surface area (Å²) in [7, 11) is 0. The van der Waals surface area contributed by atoms with Crippen LogP contribution in [-0.2, 0) is 16.0 Å². The first kappa shape index (κ1) is 15.0. The van der Waals surface area contributed by atoms with Crippen LogP contribution in [0.3, 0.4) is 0 Å². The highest BCUT2D eigenvalue weighted by Crippen LogP contribution is 2.11. The van der Waals surface area contributed by atoms with Gasteiger partial charge >= 0.3 is 5.97 Å². The molecule has 0 bridgehead atoms. The Morgan fingerprint density at radius 2 is 1.95 bits per heavy atom. The number of aliphatic carboxylic acids is 1. The van der Waals surface area contributed by atoms with Crippen LogP contribution in [0.2, 0.25) is 5.02 Å². The third-order valence-electron chi connectivity index (χ3n) is 2.44. The summed E-state index contributed by atoms with van der Waals surface area (Å²) in [5.74, 6) is -1.41. The van der Waals surface area contributed by atoms with Gasteiger partial charge in [-0.15, -0.1) is 0 Å². The predicted molar refractivity (Wildman–Crippen MR) is 69.6 cm³/mol. The van der Waals surface area contributed by atoms with E-state index in [9.17, 15) is 9.59 Å². The molecule has 0 aliphatic rings. The van der Waals surface area contributed by atoms with Crippen LogP contribution in [0.4, 0.5) is 0 Å². The van der Waals surface area contributed by atoms with Crippen LogP contribution >= 0.6 is 11.6 Å². The number of hydrogen-bond donors (Lipinski definition) is 1. The molecule has 1 aromatic carbocycles. The molecule has 1 N–H and O–H groups in total. The number of carbonyl (C=O) groups is 2. The molecule has 19 heavy (non-hydrogen) atoms. The van der Waals surface area contributed by atoms with Gasteiger partial charge in [0.2, 0.25) is 5.91 Å². The molecule has 0 spiro atoms. The molecule has 1 aromatic rings. The summed E-state index contributed by atoms with van der Waals surface area (Å²) in [6.45, 7) is -0.274. The van der Waals surface area contributed by atoms with Crippen LogP contribution in [0.1, 0.15) is 12.0 Å². The summed E-state index contributed by atoms with van der Waals surface area (Å²) in [4.78, 5) is 23.8. The number of halogens is 1. The van der Waals surface area contributed by atoms with Crippen molar-refractivity contribution in [1.29, 1.82) is 5.26 Å². The highest BCUT2D eigenvalue weighted by molar-refractivity contribution is 6.30. The number of rotatable bonds is 6. The SMILES string of the molecule is N#CCCN(CC(=O)O)C(=O)Cc1ccc(Cl)cc1. The molecule has 0 heterocycles. The lowest BCUT2D eigenvalue weighted by molar-refractivity contribution is -0.144. The topological polar surface area (TPSA) is 81.4 Å². The standard InChI is InChI=1S/C13H13ClN2O3/c14-11-4-2-10(3-5-11)8-12(17)16(7-1-6-15)9-13(18)19/h2-5H,1,7-9H2,(H,18,19). The van der Waals surface area contributed by atoms with E-state index in [0.717, 1.165) is 5.56 Å². The first-order chi connectivity index (χ1) is 9.02. The van der Waals surface area contributed by atoms with Gasteiger partial charge in [0.15, 0.2) is 0 Å². The van der Waals surface area contributed by atoms with Crippen molar-refractivity contribution < 1.29 is 14.7 Å². The van der Waals surface area contributed by atoms with Gasteiger partial charge in [-0.1, -0.05) is 23.7 Å². The van der Waals surface area contributed by atoms with E-state index in [4.69, 9.17) is 22.0 Å². The van der Waals surface area contributed by atoms with Crippen molar-refractivity contribution in [2.24, 2.45) is 0 Å². The highest BCUT2D eigenvalue weighted by atomic mass is 35.5. The van der Waals surface area contributed by atoms with Crippen molar-refractivity contribution in [2.75, 3.05) is 13.1 Å². The first-order valence-corrected chi connectivity index (χ1v) is 6.01. The van der Waals surface area contributed by atoms with Crippen LogP contribution in [0.5, 0.6) is 0 Å². The van der Waals surface area contributed by atoms with Gasteiger partial charge in [0, 0.05) is 11.6 Å². The highest BCUT2D eigenvalue weighted by Gasteiger charge is 2.16. The summed E-state index contributed by atoms with van der Waals surface area (Å²) in [5, 5.41) is 17.8. The van der Waals surface area contributed by atoms with E-state index in [1.165, 1.54) is 4.90 Å². The number of carboxylic acid groups (broad SMARTS) is 1. The number of nitrogens with zero attached hydrogens (tertiary/aromatic N) is 2. The van der Waals surface area contributed by atoms with Gasteiger partial charge in [-0.3, -0.25) is 9.59 Å². The Bertz CT molecular complexity index is 494. The third kappa shape index (κ3) is 5.40. The van der Waals surface area contributed by atoms with Gasteiger partial charge in [0.1, 0.15) is 6.54 Å². The molecule has 0 aliphatic carbocycles. The fourth-order valence-corrected chi connectivity index (χ4v) is 1.65. The molecule has 5 nitrogen and oxygen atoms in total. The Morgan fingerprint density at radius 3 is 2.47 bits per heavy atom. The van der Waals surface area contributed by atoms with Crippen molar-refractivity contribution >= 4 is 23.5 Å². The number of carbonyl (C=O) groups excluding carboxylic acids is 1. The molecule has 100 valence electrons. The van der Waals surface area contributed by atoms with Crippen molar-refractivity contribution in [3.63, 3.8) is 0 Å². The van der Waals surface area contributed by atoms with Crippen LogP contribution in [0.25, 0.3) is 0 Å². The van der Waals surface area contributed by atoms with E-state index < -0.39 is 12.5 Å². The molecule has 6 heteroatoms. The maximum Gasteiger partial charge on any atom is 0.323 e. The van der Waals surface area contributed by atoms with Gasteiger partial charge in [0.05, 0.1) is 18.9 Å². The fraction of sp³-hybridized carbons (Fsp3) is 0.308. The van der Waals surface area contributed by atoms with Crippen LogP contribution < -0.4 is 0 Å². The maximum absolute atomic E-state index is 12.0. The molecular formula is C13H13ClN2O3. The normalized spacial score (nSPS) is 9.68. The monoisotopic (exact) mass is 280 g/mol. The van der Waals surface area contributed by atoms with Crippen LogP contribution in [-0.4, -0.2) is 35.0 Å². The molecule has 0 saturated carbocycles. The lowest BCUT2D eigenvalue weighted by atomic mass is 10.1. The van der Waals surface area contributed by atoms with E-state index in [0.29, 0.717) is 5.02 Å². The van der Waals surface area contributed by atoms with Gasteiger partial charge in [-0.05, 0) is 17.7 Å². The summed E-state index contributed by atoms with van der Waals surface area (Å²) in [5.41, 5.74) is 0.752. The van der Waals surface area contributed by atoms with Gasteiger partial charge < -0.3 is 10.0 Å². The average molecular weight is 281 g/mol. The van der Waals surface area contributed by atoms with Gasteiger partial charge in [-0.25, -0.2) is 0 Å². The van der Waals surface area contributed by atoms with Gasteiger partial charge in [0.25, 0.3) is 0 Å². The molecule has 1 rings (SSSR count). The number of nitriles is 1.